The van der Waals surface area contributed by atoms with Crippen LogP contribution in [0, 0.1) is 6.92 Å². The second-order valence-corrected chi connectivity index (χ2v) is 4.18. The Morgan fingerprint density at radius 1 is 1.29 bits per heavy atom. The summed E-state index contributed by atoms with van der Waals surface area (Å²) in [4.78, 5) is 19.6. The Labute approximate surface area is 120 Å². The maximum absolute atomic E-state index is 12.7. The van der Waals surface area contributed by atoms with Crippen molar-refractivity contribution in [3.8, 4) is 5.75 Å². The molecular formula is C14H13F2N3O2. The normalized spacial score (nSPS) is 10.5. The average Bonchev–Trinajstić information content (AvgIpc) is 2.47. The van der Waals surface area contributed by atoms with Gasteiger partial charge in [-0.05, 0) is 25.1 Å². The van der Waals surface area contributed by atoms with E-state index < -0.39 is 18.0 Å². The Morgan fingerprint density at radius 3 is 2.67 bits per heavy atom. The monoisotopic (exact) mass is 293 g/mol. The lowest BCUT2D eigenvalue weighted by atomic mass is 10.2. The number of rotatable bonds is 4. The number of aromatic nitrogens is 2. The van der Waals surface area contributed by atoms with Gasteiger partial charge >= 0.3 is 0 Å². The fourth-order valence-corrected chi connectivity index (χ4v) is 1.75. The highest BCUT2D eigenvalue weighted by Gasteiger charge is 2.16. The lowest BCUT2D eigenvalue weighted by Crippen LogP contribution is -2.16. The van der Waals surface area contributed by atoms with Crippen LogP contribution in [-0.4, -0.2) is 23.0 Å². The minimum absolute atomic E-state index is 0.109. The van der Waals surface area contributed by atoms with Crippen molar-refractivity contribution in [2.24, 2.45) is 0 Å². The van der Waals surface area contributed by atoms with E-state index in [-0.39, 0.29) is 11.5 Å². The Balaban J connectivity index is 2.28. The fraction of sp³-hybridized carbons (Fsp3) is 0.214. The van der Waals surface area contributed by atoms with E-state index in [1.165, 1.54) is 14.0 Å². The molecule has 21 heavy (non-hydrogen) atoms. The van der Waals surface area contributed by atoms with Crippen molar-refractivity contribution in [3.63, 3.8) is 0 Å². The summed E-state index contributed by atoms with van der Waals surface area (Å²) in [6.07, 6.45) is -2.76. The van der Waals surface area contributed by atoms with Crippen LogP contribution in [0.4, 0.5) is 14.5 Å². The molecule has 0 saturated carbocycles. The molecule has 0 bridgehead atoms. The third-order valence-corrected chi connectivity index (χ3v) is 2.67. The maximum atomic E-state index is 12.7. The van der Waals surface area contributed by atoms with Crippen LogP contribution in [0.2, 0.25) is 0 Å². The highest BCUT2D eigenvalue weighted by molar-refractivity contribution is 6.03. The van der Waals surface area contributed by atoms with Gasteiger partial charge in [-0.25, -0.2) is 18.7 Å². The number of nitrogens with zero attached hydrogens (tertiary/aromatic N) is 2. The maximum Gasteiger partial charge on any atom is 0.280 e. The molecular weight excluding hydrogens is 280 g/mol. The molecule has 0 aliphatic rings. The van der Waals surface area contributed by atoms with E-state index in [2.05, 4.69) is 15.3 Å². The molecule has 5 nitrogen and oxygen atoms in total. The Hall–Kier alpha value is -2.57. The van der Waals surface area contributed by atoms with Gasteiger partial charge in [0.1, 0.15) is 23.0 Å². The van der Waals surface area contributed by atoms with E-state index in [4.69, 9.17) is 4.74 Å². The molecule has 0 fully saturated rings. The standard InChI is InChI=1S/C14H13F2N3O2/c1-8-17-10(13(15)16)7-11(18-8)14(20)19-9-5-3-4-6-12(9)21-2/h3-7,13H,1-2H3,(H,19,20). The minimum Gasteiger partial charge on any atom is -0.495 e. The molecule has 1 amide bonds. The van der Waals surface area contributed by atoms with Crippen LogP contribution in [0.15, 0.2) is 30.3 Å². The molecule has 1 N–H and O–H groups in total. The van der Waals surface area contributed by atoms with Crippen LogP contribution in [0.5, 0.6) is 5.75 Å². The number of aryl methyl sites for hydroxylation is 1. The summed E-state index contributed by atoms with van der Waals surface area (Å²) in [5, 5.41) is 2.57. The van der Waals surface area contributed by atoms with E-state index in [0.29, 0.717) is 11.4 Å². The zero-order valence-electron chi connectivity index (χ0n) is 11.4. The molecule has 1 aromatic heterocycles. The third kappa shape index (κ3) is 3.50. The SMILES string of the molecule is COc1ccccc1NC(=O)c1cc(C(F)F)nc(C)n1. The van der Waals surface area contributed by atoms with E-state index in [0.717, 1.165) is 6.07 Å². The molecule has 1 aromatic carbocycles. The van der Waals surface area contributed by atoms with Crippen molar-refractivity contribution in [1.29, 1.82) is 0 Å². The first kappa shape index (κ1) is 14.8. The van der Waals surface area contributed by atoms with Crippen molar-refractivity contribution in [2.45, 2.75) is 13.3 Å². The number of carbonyl (C=O) groups excluding carboxylic acids is 1. The van der Waals surface area contributed by atoms with Crippen LogP contribution in [-0.2, 0) is 0 Å². The molecule has 2 aromatic rings. The van der Waals surface area contributed by atoms with Crippen molar-refractivity contribution in [2.75, 3.05) is 12.4 Å². The van der Waals surface area contributed by atoms with Gasteiger partial charge in [-0.15, -0.1) is 0 Å². The summed E-state index contributed by atoms with van der Waals surface area (Å²) in [7, 11) is 1.47. The predicted molar refractivity (Wildman–Crippen MR) is 72.7 cm³/mol. The fourth-order valence-electron chi connectivity index (χ4n) is 1.75. The van der Waals surface area contributed by atoms with Crippen LogP contribution in [0.25, 0.3) is 0 Å². The number of para-hydroxylation sites is 2. The van der Waals surface area contributed by atoms with Gasteiger partial charge in [-0.3, -0.25) is 4.79 Å². The Bertz CT molecular complexity index is 662. The summed E-state index contributed by atoms with van der Waals surface area (Å²) in [6, 6.07) is 7.75. The molecule has 1 heterocycles. The zero-order chi connectivity index (χ0) is 15.4. The molecule has 0 aliphatic heterocycles. The predicted octanol–water partition coefficient (Wildman–Crippen LogP) is 2.98. The largest absolute Gasteiger partial charge is 0.495 e. The first-order chi connectivity index (χ1) is 10.0. The van der Waals surface area contributed by atoms with E-state index in [9.17, 15) is 13.6 Å². The van der Waals surface area contributed by atoms with E-state index in [1.807, 2.05) is 0 Å². The number of anilines is 1. The van der Waals surface area contributed by atoms with Gasteiger partial charge in [0.25, 0.3) is 12.3 Å². The van der Waals surface area contributed by atoms with Gasteiger partial charge in [0.15, 0.2) is 0 Å². The lowest BCUT2D eigenvalue weighted by molar-refractivity contribution is 0.102. The molecule has 2 rings (SSSR count). The Kier molecular flexibility index (Phi) is 4.42. The molecule has 0 radical (unpaired) electrons. The summed E-state index contributed by atoms with van der Waals surface area (Å²) in [5.41, 5.74) is -0.170. The van der Waals surface area contributed by atoms with Crippen LogP contribution < -0.4 is 10.1 Å². The van der Waals surface area contributed by atoms with Gasteiger partial charge in [0.05, 0.1) is 12.8 Å². The lowest BCUT2D eigenvalue weighted by Gasteiger charge is -2.10. The van der Waals surface area contributed by atoms with Gasteiger partial charge in [-0.2, -0.15) is 0 Å². The summed E-state index contributed by atoms with van der Waals surface area (Å²) < 4.78 is 30.5. The van der Waals surface area contributed by atoms with Gasteiger partial charge in [0.2, 0.25) is 0 Å². The smallest absolute Gasteiger partial charge is 0.280 e. The van der Waals surface area contributed by atoms with Crippen LogP contribution in [0.3, 0.4) is 0 Å². The quantitative estimate of drug-likeness (QED) is 0.941. The Morgan fingerprint density at radius 2 is 2.00 bits per heavy atom. The second-order valence-electron chi connectivity index (χ2n) is 4.18. The number of hydrogen-bond acceptors (Lipinski definition) is 4. The first-order valence-electron chi connectivity index (χ1n) is 6.09. The van der Waals surface area contributed by atoms with Crippen LogP contribution in [0.1, 0.15) is 28.4 Å². The number of nitrogens with one attached hydrogen (secondary N) is 1. The number of amides is 1. The summed E-state index contributed by atoms with van der Waals surface area (Å²) >= 11 is 0. The summed E-state index contributed by atoms with van der Waals surface area (Å²) in [6.45, 7) is 1.45. The molecule has 110 valence electrons. The topological polar surface area (TPSA) is 64.1 Å². The number of ether oxygens (including phenoxy) is 1. The molecule has 7 heteroatoms. The number of benzene rings is 1. The van der Waals surface area contributed by atoms with Crippen molar-refractivity contribution >= 4 is 11.6 Å². The number of carbonyl (C=O) groups is 1. The summed E-state index contributed by atoms with van der Waals surface area (Å²) in [5.74, 6) is -0.0319. The van der Waals surface area contributed by atoms with Gasteiger partial charge in [-0.1, -0.05) is 12.1 Å². The van der Waals surface area contributed by atoms with Crippen LogP contribution >= 0.6 is 0 Å². The van der Waals surface area contributed by atoms with E-state index >= 15 is 0 Å². The molecule has 0 aliphatic carbocycles. The molecule has 0 atom stereocenters. The molecule has 0 unspecified atom stereocenters. The molecule has 0 saturated heterocycles. The van der Waals surface area contributed by atoms with Gasteiger partial charge < -0.3 is 10.1 Å². The first-order valence-corrected chi connectivity index (χ1v) is 6.09. The third-order valence-electron chi connectivity index (χ3n) is 2.67. The van der Waals surface area contributed by atoms with Crippen molar-refractivity contribution < 1.29 is 18.3 Å². The zero-order valence-corrected chi connectivity index (χ0v) is 11.4. The number of halogens is 2. The van der Waals surface area contributed by atoms with E-state index in [1.54, 1.807) is 24.3 Å². The molecule has 0 spiro atoms. The number of methoxy groups -OCH3 is 1. The van der Waals surface area contributed by atoms with Crippen molar-refractivity contribution in [1.82, 2.24) is 9.97 Å². The highest BCUT2D eigenvalue weighted by atomic mass is 19.3. The minimum atomic E-state index is -2.76. The number of hydrogen-bond donors (Lipinski definition) is 1. The second kappa shape index (κ2) is 6.25. The number of alkyl halides is 2. The van der Waals surface area contributed by atoms with Gasteiger partial charge in [0, 0.05) is 0 Å². The van der Waals surface area contributed by atoms with Crippen molar-refractivity contribution in [3.05, 3.63) is 47.5 Å². The average molecular weight is 293 g/mol. The highest BCUT2D eigenvalue weighted by Crippen LogP contribution is 2.24.